The number of rotatable bonds is 1. The Morgan fingerprint density at radius 1 is 1.09 bits per heavy atom. The molecule has 2 aromatic carbocycles. The molecule has 2 N–H and O–H groups in total. The van der Waals surface area contributed by atoms with Gasteiger partial charge >= 0.3 is 0 Å². The molecular formula is C17H15N3O3. The topological polar surface area (TPSA) is 70.7 Å². The number of methoxy groups -OCH3 is 1. The molecule has 0 fully saturated rings. The number of hydrogen-bond acceptors (Lipinski definition) is 4. The second kappa shape index (κ2) is 4.49. The van der Waals surface area contributed by atoms with Crippen LogP contribution in [0.15, 0.2) is 42.5 Å². The molecule has 0 bridgehead atoms. The van der Waals surface area contributed by atoms with Crippen LogP contribution in [0.1, 0.15) is 15.9 Å². The quantitative estimate of drug-likeness (QED) is 0.845. The van der Waals surface area contributed by atoms with E-state index in [-0.39, 0.29) is 11.8 Å². The number of nitrogens with one attached hydrogen (secondary N) is 2. The summed E-state index contributed by atoms with van der Waals surface area (Å²) in [6.07, 6.45) is 0. The molecule has 2 aliphatic rings. The summed E-state index contributed by atoms with van der Waals surface area (Å²) < 4.78 is 5.20. The van der Waals surface area contributed by atoms with E-state index in [0.717, 1.165) is 0 Å². The number of para-hydroxylation sites is 1. The summed E-state index contributed by atoms with van der Waals surface area (Å²) in [4.78, 5) is 26.9. The van der Waals surface area contributed by atoms with Gasteiger partial charge in [0.15, 0.2) is 0 Å². The van der Waals surface area contributed by atoms with Gasteiger partial charge in [-0.3, -0.25) is 9.59 Å². The van der Waals surface area contributed by atoms with Gasteiger partial charge in [-0.25, -0.2) is 0 Å². The number of amides is 2. The van der Waals surface area contributed by atoms with Gasteiger partial charge in [-0.2, -0.15) is 0 Å². The summed E-state index contributed by atoms with van der Waals surface area (Å²) >= 11 is 0. The lowest BCUT2D eigenvalue weighted by molar-refractivity contribution is -0.124. The van der Waals surface area contributed by atoms with Crippen molar-refractivity contribution in [3.63, 3.8) is 0 Å². The van der Waals surface area contributed by atoms with Gasteiger partial charge in [0.2, 0.25) is 5.66 Å². The number of benzene rings is 2. The molecule has 2 aromatic rings. The Morgan fingerprint density at radius 2 is 1.87 bits per heavy atom. The van der Waals surface area contributed by atoms with Crippen LogP contribution in [-0.4, -0.2) is 30.9 Å². The normalized spacial score (nSPS) is 21.6. The van der Waals surface area contributed by atoms with Gasteiger partial charge in [-0.05, 0) is 24.3 Å². The molecule has 0 unspecified atom stereocenters. The lowest BCUT2D eigenvalue weighted by Crippen LogP contribution is -2.59. The van der Waals surface area contributed by atoms with Gasteiger partial charge in [-0.15, -0.1) is 0 Å². The number of anilines is 2. The zero-order chi connectivity index (χ0) is 16.2. The van der Waals surface area contributed by atoms with Crippen LogP contribution >= 0.6 is 0 Å². The Labute approximate surface area is 133 Å². The van der Waals surface area contributed by atoms with Crippen LogP contribution in [0.4, 0.5) is 11.4 Å². The van der Waals surface area contributed by atoms with E-state index in [1.165, 1.54) is 4.90 Å². The number of ether oxygens (including phenoxy) is 1. The second-order valence-electron chi connectivity index (χ2n) is 5.61. The fourth-order valence-corrected chi connectivity index (χ4v) is 3.25. The van der Waals surface area contributed by atoms with E-state index in [2.05, 4.69) is 10.6 Å². The SMILES string of the molecule is COc1ccc2c(c1)NC(=O)[C@@]21Nc2ccccc2C(=O)N1C. The highest BCUT2D eigenvalue weighted by Crippen LogP contribution is 2.45. The first-order valence-electron chi connectivity index (χ1n) is 7.23. The molecule has 0 aromatic heterocycles. The number of hydrogen-bond donors (Lipinski definition) is 2. The molecule has 1 atom stereocenters. The number of carbonyl (C=O) groups is 2. The molecule has 1 spiro atoms. The lowest BCUT2D eigenvalue weighted by atomic mass is 9.93. The van der Waals surface area contributed by atoms with Crippen LogP contribution in [0.25, 0.3) is 0 Å². The van der Waals surface area contributed by atoms with Crippen LogP contribution in [-0.2, 0) is 10.5 Å². The fraction of sp³-hybridized carbons (Fsp3) is 0.176. The summed E-state index contributed by atoms with van der Waals surface area (Å²) in [7, 11) is 3.20. The zero-order valence-corrected chi connectivity index (χ0v) is 12.7. The Morgan fingerprint density at radius 3 is 2.65 bits per heavy atom. The minimum absolute atomic E-state index is 0.196. The minimum Gasteiger partial charge on any atom is -0.497 e. The molecular weight excluding hydrogens is 294 g/mol. The van der Waals surface area contributed by atoms with Gasteiger partial charge in [0.25, 0.3) is 11.8 Å². The monoisotopic (exact) mass is 309 g/mol. The molecule has 23 heavy (non-hydrogen) atoms. The fourth-order valence-electron chi connectivity index (χ4n) is 3.25. The number of likely N-dealkylation sites (N-methyl/N-ethyl adjacent to an activating group) is 1. The van der Waals surface area contributed by atoms with E-state index in [4.69, 9.17) is 4.74 Å². The standard InChI is InChI=1S/C17H15N3O3/c1-20-15(21)11-5-3-4-6-13(11)19-17(20)12-8-7-10(23-2)9-14(12)18-16(17)22/h3-9,19H,1-2H3,(H,18,22)/t17-/m1/s1. The average molecular weight is 309 g/mol. The van der Waals surface area contributed by atoms with Crippen molar-refractivity contribution < 1.29 is 14.3 Å². The van der Waals surface area contributed by atoms with Crippen molar-refractivity contribution in [3.05, 3.63) is 53.6 Å². The number of fused-ring (bicyclic) bond motifs is 3. The van der Waals surface area contributed by atoms with E-state index in [1.807, 2.05) is 6.07 Å². The lowest BCUT2D eigenvalue weighted by Gasteiger charge is -2.42. The predicted octanol–water partition coefficient (Wildman–Crippen LogP) is 2.00. The average Bonchev–Trinajstić information content (AvgIpc) is 2.84. The highest BCUT2D eigenvalue weighted by molar-refractivity contribution is 6.14. The molecule has 0 radical (unpaired) electrons. The van der Waals surface area contributed by atoms with Crippen molar-refractivity contribution in [1.82, 2.24) is 4.90 Å². The van der Waals surface area contributed by atoms with Crippen molar-refractivity contribution in [3.8, 4) is 5.75 Å². The predicted molar refractivity (Wildman–Crippen MR) is 85.5 cm³/mol. The van der Waals surface area contributed by atoms with Crippen molar-refractivity contribution in [2.24, 2.45) is 0 Å². The Bertz CT molecular complexity index is 849. The first-order chi connectivity index (χ1) is 11.1. The van der Waals surface area contributed by atoms with Crippen LogP contribution in [0.5, 0.6) is 5.75 Å². The highest BCUT2D eigenvalue weighted by Gasteiger charge is 2.55. The van der Waals surface area contributed by atoms with E-state index >= 15 is 0 Å². The maximum absolute atomic E-state index is 12.8. The molecule has 0 saturated heterocycles. The molecule has 0 saturated carbocycles. The Balaban J connectivity index is 1.93. The molecule has 6 heteroatoms. The van der Waals surface area contributed by atoms with Gasteiger partial charge in [0.1, 0.15) is 5.75 Å². The molecule has 0 aliphatic carbocycles. The number of carbonyl (C=O) groups excluding carboxylic acids is 2. The third-order valence-corrected chi connectivity index (χ3v) is 4.47. The summed E-state index contributed by atoms with van der Waals surface area (Å²) in [5.74, 6) is 0.163. The maximum Gasteiger partial charge on any atom is 0.276 e. The largest absolute Gasteiger partial charge is 0.497 e. The van der Waals surface area contributed by atoms with Crippen molar-refractivity contribution >= 4 is 23.2 Å². The van der Waals surface area contributed by atoms with E-state index < -0.39 is 5.66 Å². The van der Waals surface area contributed by atoms with Gasteiger partial charge in [-0.1, -0.05) is 12.1 Å². The van der Waals surface area contributed by atoms with Crippen molar-refractivity contribution in [2.45, 2.75) is 5.66 Å². The summed E-state index contributed by atoms with van der Waals surface area (Å²) in [5, 5.41) is 6.09. The molecule has 116 valence electrons. The van der Waals surface area contributed by atoms with Crippen LogP contribution < -0.4 is 15.4 Å². The maximum atomic E-state index is 12.8. The first kappa shape index (κ1) is 13.6. The van der Waals surface area contributed by atoms with Crippen LogP contribution in [0, 0.1) is 0 Å². The molecule has 2 aliphatic heterocycles. The van der Waals surface area contributed by atoms with Crippen LogP contribution in [0.3, 0.4) is 0 Å². The summed E-state index contributed by atoms with van der Waals surface area (Å²) in [6, 6.07) is 12.5. The molecule has 2 amide bonds. The third-order valence-electron chi connectivity index (χ3n) is 4.47. The summed E-state index contributed by atoms with van der Waals surface area (Å²) in [6.45, 7) is 0. The van der Waals surface area contributed by atoms with E-state index in [0.29, 0.717) is 28.3 Å². The Kier molecular flexibility index (Phi) is 2.66. The first-order valence-corrected chi connectivity index (χ1v) is 7.23. The highest BCUT2D eigenvalue weighted by atomic mass is 16.5. The van der Waals surface area contributed by atoms with E-state index in [9.17, 15) is 9.59 Å². The Hall–Kier alpha value is -3.02. The van der Waals surface area contributed by atoms with Crippen molar-refractivity contribution in [1.29, 1.82) is 0 Å². The zero-order valence-electron chi connectivity index (χ0n) is 12.7. The molecule has 2 heterocycles. The summed E-state index contributed by atoms with van der Waals surface area (Å²) in [5.41, 5.74) is 1.30. The van der Waals surface area contributed by atoms with Gasteiger partial charge < -0.3 is 20.3 Å². The van der Waals surface area contributed by atoms with Gasteiger partial charge in [0, 0.05) is 24.4 Å². The van der Waals surface area contributed by atoms with Crippen molar-refractivity contribution in [2.75, 3.05) is 24.8 Å². The van der Waals surface area contributed by atoms with Crippen LogP contribution in [0.2, 0.25) is 0 Å². The third kappa shape index (κ3) is 1.63. The second-order valence-corrected chi connectivity index (χ2v) is 5.61. The molecule has 4 rings (SSSR count). The number of nitrogens with zero attached hydrogens (tertiary/aromatic N) is 1. The smallest absolute Gasteiger partial charge is 0.276 e. The van der Waals surface area contributed by atoms with E-state index in [1.54, 1.807) is 50.6 Å². The molecule has 6 nitrogen and oxygen atoms in total. The minimum atomic E-state index is -1.24. The van der Waals surface area contributed by atoms with Gasteiger partial charge in [0.05, 0.1) is 18.4 Å².